The first kappa shape index (κ1) is 19.0. The molecule has 148 valence electrons. The summed E-state index contributed by atoms with van der Waals surface area (Å²) in [4.78, 5) is 13.0. The first-order valence-corrected chi connectivity index (χ1v) is 11.3. The third kappa shape index (κ3) is 3.65. The van der Waals surface area contributed by atoms with Gasteiger partial charge in [-0.2, -0.15) is 0 Å². The third-order valence-electron chi connectivity index (χ3n) is 6.21. The number of sulfonamides is 1. The van der Waals surface area contributed by atoms with Crippen LogP contribution in [-0.4, -0.2) is 20.4 Å². The fourth-order valence-electron chi connectivity index (χ4n) is 4.58. The zero-order valence-corrected chi connectivity index (χ0v) is 17.1. The van der Waals surface area contributed by atoms with Gasteiger partial charge in [0, 0.05) is 11.6 Å². The van der Waals surface area contributed by atoms with Gasteiger partial charge in [-0.15, -0.1) is 0 Å². The minimum atomic E-state index is -3.71. The summed E-state index contributed by atoms with van der Waals surface area (Å²) in [7, 11) is -3.71. The van der Waals surface area contributed by atoms with Gasteiger partial charge in [-0.1, -0.05) is 30.2 Å². The molecule has 2 aliphatic rings. The molecule has 2 bridgehead atoms. The standard InChI is InChI=1S/C22H26N2O3S/c1-14-6-10-18(11-7-14)28(26,27)24-20-5-3-4-19(15(20)2)22(25)23-21-13-16-8-9-17(21)12-16/h3-7,10-11,16-17,21,24H,8-9,12-13H2,1-2H3,(H,23,25)/t16-,17-,21-/m0/s1. The van der Waals surface area contributed by atoms with Crippen molar-refractivity contribution >= 4 is 21.6 Å². The molecule has 0 radical (unpaired) electrons. The maximum absolute atomic E-state index is 12.8. The van der Waals surface area contributed by atoms with Gasteiger partial charge in [-0.3, -0.25) is 9.52 Å². The minimum Gasteiger partial charge on any atom is -0.349 e. The molecule has 4 rings (SSSR count). The van der Waals surface area contributed by atoms with Crippen molar-refractivity contribution in [2.45, 2.75) is 50.5 Å². The molecule has 2 N–H and O–H groups in total. The van der Waals surface area contributed by atoms with Crippen LogP contribution in [0.1, 0.15) is 47.2 Å². The fraction of sp³-hybridized carbons (Fsp3) is 0.409. The number of rotatable bonds is 5. The van der Waals surface area contributed by atoms with Crippen LogP contribution in [0.25, 0.3) is 0 Å². The Balaban J connectivity index is 1.53. The summed E-state index contributed by atoms with van der Waals surface area (Å²) < 4.78 is 28.0. The summed E-state index contributed by atoms with van der Waals surface area (Å²) in [5, 5.41) is 3.18. The normalized spacial score (nSPS) is 23.6. The Morgan fingerprint density at radius 2 is 1.75 bits per heavy atom. The number of hydrogen-bond donors (Lipinski definition) is 2. The van der Waals surface area contributed by atoms with E-state index < -0.39 is 10.0 Å². The Bertz CT molecular complexity index is 999. The van der Waals surface area contributed by atoms with Crippen LogP contribution in [0.3, 0.4) is 0 Å². The zero-order chi connectivity index (χ0) is 19.9. The van der Waals surface area contributed by atoms with Crippen LogP contribution in [-0.2, 0) is 10.0 Å². The van der Waals surface area contributed by atoms with Crippen molar-refractivity contribution in [3.8, 4) is 0 Å². The maximum Gasteiger partial charge on any atom is 0.261 e. The van der Waals surface area contributed by atoms with Gasteiger partial charge in [-0.05, 0) is 74.8 Å². The van der Waals surface area contributed by atoms with E-state index in [4.69, 9.17) is 0 Å². The van der Waals surface area contributed by atoms with Gasteiger partial charge < -0.3 is 5.32 Å². The number of aryl methyl sites for hydroxylation is 1. The second kappa shape index (κ2) is 7.24. The highest BCUT2D eigenvalue weighted by atomic mass is 32.2. The second-order valence-corrected chi connectivity index (χ2v) is 9.83. The van der Waals surface area contributed by atoms with Crippen LogP contribution < -0.4 is 10.0 Å². The maximum atomic E-state index is 12.8. The summed E-state index contributed by atoms with van der Waals surface area (Å²) in [6.07, 6.45) is 4.77. The molecule has 0 aliphatic heterocycles. The summed E-state index contributed by atoms with van der Waals surface area (Å²) >= 11 is 0. The number of carbonyl (C=O) groups excluding carboxylic acids is 1. The summed E-state index contributed by atoms with van der Waals surface area (Å²) in [5.41, 5.74) is 2.58. The smallest absolute Gasteiger partial charge is 0.261 e. The quantitative estimate of drug-likeness (QED) is 0.799. The number of fused-ring (bicyclic) bond motifs is 2. The summed E-state index contributed by atoms with van der Waals surface area (Å²) in [5.74, 6) is 1.23. The Kier molecular flexibility index (Phi) is 4.91. The Hall–Kier alpha value is -2.34. The molecule has 0 saturated heterocycles. The average molecular weight is 399 g/mol. The van der Waals surface area contributed by atoms with Crippen LogP contribution in [0, 0.1) is 25.7 Å². The van der Waals surface area contributed by atoms with Gasteiger partial charge in [0.05, 0.1) is 10.6 Å². The number of amides is 1. The minimum absolute atomic E-state index is 0.119. The lowest BCUT2D eigenvalue weighted by Crippen LogP contribution is -2.38. The molecule has 2 aliphatic carbocycles. The number of nitrogens with one attached hydrogen (secondary N) is 2. The van der Waals surface area contributed by atoms with Crippen LogP contribution in [0.15, 0.2) is 47.4 Å². The lowest BCUT2D eigenvalue weighted by Gasteiger charge is -2.23. The molecule has 2 aromatic carbocycles. The van der Waals surface area contributed by atoms with Crippen molar-refractivity contribution in [3.05, 3.63) is 59.2 Å². The van der Waals surface area contributed by atoms with E-state index in [0.29, 0.717) is 22.7 Å². The van der Waals surface area contributed by atoms with Crippen LogP contribution in [0.4, 0.5) is 5.69 Å². The van der Waals surface area contributed by atoms with Gasteiger partial charge in [0.1, 0.15) is 0 Å². The highest BCUT2D eigenvalue weighted by molar-refractivity contribution is 7.92. The predicted molar refractivity (Wildman–Crippen MR) is 110 cm³/mol. The highest BCUT2D eigenvalue weighted by Crippen LogP contribution is 2.44. The molecule has 5 nitrogen and oxygen atoms in total. The molecule has 1 amide bonds. The Morgan fingerprint density at radius 3 is 2.39 bits per heavy atom. The summed E-state index contributed by atoms with van der Waals surface area (Å²) in [6, 6.07) is 12.1. The second-order valence-electron chi connectivity index (χ2n) is 8.15. The Morgan fingerprint density at radius 1 is 1.00 bits per heavy atom. The molecular weight excluding hydrogens is 372 g/mol. The van der Waals surface area contributed by atoms with Crippen molar-refractivity contribution in [2.75, 3.05) is 4.72 Å². The molecule has 0 unspecified atom stereocenters. The van der Waals surface area contributed by atoms with Crippen LogP contribution in [0.5, 0.6) is 0 Å². The van der Waals surface area contributed by atoms with E-state index in [9.17, 15) is 13.2 Å². The zero-order valence-electron chi connectivity index (χ0n) is 16.2. The molecule has 0 spiro atoms. The highest BCUT2D eigenvalue weighted by Gasteiger charge is 2.40. The number of carbonyl (C=O) groups is 1. The van der Waals surface area contributed by atoms with E-state index in [1.54, 1.807) is 49.4 Å². The molecule has 6 heteroatoms. The molecule has 2 saturated carbocycles. The third-order valence-corrected chi connectivity index (χ3v) is 7.59. The van der Waals surface area contributed by atoms with Crippen molar-refractivity contribution < 1.29 is 13.2 Å². The van der Waals surface area contributed by atoms with Crippen LogP contribution in [0.2, 0.25) is 0 Å². The molecule has 3 atom stereocenters. The van der Waals surface area contributed by atoms with E-state index in [1.807, 2.05) is 6.92 Å². The average Bonchev–Trinajstić information content (AvgIpc) is 3.26. The topological polar surface area (TPSA) is 75.3 Å². The van der Waals surface area contributed by atoms with Crippen LogP contribution >= 0.6 is 0 Å². The molecule has 0 aromatic heterocycles. The van der Waals surface area contributed by atoms with Crippen molar-refractivity contribution in [1.29, 1.82) is 0 Å². The molecule has 2 fully saturated rings. The van der Waals surface area contributed by atoms with Gasteiger partial charge in [0.25, 0.3) is 15.9 Å². The van der Waals surface area contributed by atoms with E-state index in [-0.39, 0.29) is 16.8 Å². The van der Waals surface area contributed by atoms with Gasteiger partial charge in [0.2, 0.25) is 0 Å². The van der Waals surface area contributed by atoms with Gasteiger partial charge >= 0.3 is 0 Å². The first-order valence-electron chi connectivity index (χ1n) is 9.83. The van der Waals surface area contributed by atoms with Crippen molar-refractivity contribution in [2.24, 2.45) is 11.8 Å². The summed E-state index contributed by atoms with van der Waals surface area (Å²) in [6.45, 7) is 3.69. The number of hydrogen-bond acceptors (Lipinski definition) is 3. The molecule has 28 heavy (non-hydrogen) atoms. The van der Waals surface area contributed by atoms with E-state index in [1.165, 1.54) is 19.3 Å². The SMILES string of the molecule is Cc1ccc(S(=O)(=O)Nc2cccc(C(=O)N[C@H]3C[C@H]4CC[C@H]3C4)c2C)cc1. The van der Waals surface area contributed by atoms with E-state index in [0.717, 1.165) is 17.9 Å². The fourth-order valence-corrected chi connectivity index (χ4v) is 5.70. The van der Waals surface area contributed by atoms with Crippen molar-refractivity contribution in [1.82, 2.24) is 5.32 Å². The Labute approximate surface area is 166 Å². The van der Waals surface area contributed by atoms with Crippen molar-refractivity contribution in [3.63, 3.8) is 0 Å². The molecule has 0 heterocycles. The van der Waals surface area contributed by atoms with E-state index in [2.05, 4.69) is 10.0 Å². The predicted octanol–water partition coefficient (Wildman–Crippen LogP) is 4.02. The lowest BCUT2D eigenvalue weighted by molar-refractivity contribution is 0.0922. The first-order chi connectivity index (χ1) is 13.3. The molecule has 2 aromatic rings. The number of anilines is 1. The van der Waals surface area contributed by atoms with Gasteiger partial charge in [-0.25, -0.2) is 8.42 Å². The lowest BCUT2D eigenvalue weighted by atomic mass is 9.95. The van der Waals surface area contributed by atoms with Gasteiger partial charge in [0.15, 0.2) is 0 Å². The monoisotopic (exact) mass is 398 g/mol. The molecular formula is C22H26N2O3S. The number of benzene rings is 2. The van der Waals surface area contributed by atoms with E-state index >= 15 is 0 Å². The largest absolute Gasteiger partial charge is 0.349 e.